The Bertz CT molecular complexity index is 887. The molecule has 138 valence electrons. The van der Waals surface area contributed by atoms with E-state index in [9.17, 15) is 0 Å². The minimum Gasteiger partial charge on any atom is -0.370 e. The van der Waals surface area contributed by atoms with Crippen LogP contribution in [0.3, 0.4) is 0 Å². The lowest BCUT2D eigenvalue weighted by molar-refractivity contribution is -0.0399. The highest BCUT2D eigenvalue weighted by Gasteiger charge is 2.50. The summed E-state index contributed by atoms with van der Waals surface area (Å²) >= 11 is 0. The molecule has 2 saturated heterocycles. The number of nitrogens with zero attached hydrogens (tertiary/aromatic N) is 4. The van der Waals surface area contributed by atoms with E-state index in [1.54, 1.807) is 0 Å². The summed E-state index contributed by atoms with van der Waals surface area (Å²) in [6.07, 6.45) is -0.305. The Balaban J connectivity index is 1.31. The van der Waals surface area contributed by atoms with E-state index >= 15 is 0 Å². The lowest BCUT2D eigenvalue weighted by Gasteiger charge is -2.18. The Morgan fingerprint density at radius 2 is 1.67 bits per heavy atom. The van der Waals surface area contributed by atoms with Crippen molar-refractivity contribution in [3.05, 3.63) is 66.2 Å². The van der Waals surface area contributed by atoms with Crippen molar-refractivity contribution in [2.45, 2.75) is 31.0 Å². The van der Waals surface area contributed by atoms with Crippen molar-refractivity contribution in [3.8, 4) is 11.4 Å². The van der Waals surface area contributed by atoms with Crippen LogP contribution in [0.1, 0.15) is 11.6 Å². The van der Waals surface area contributed by atoms with Crippen LogP contribution in [0.15, 0.2) is 60.7 Å². The Hall–Kier alpha value is -2.61. The van der Waals surface area contributed by atoms with E-state index in [0.29, 0.717) is 19.8 Å². The highest BCUT2D eigenvalue weighted by atomic mass is 16.6. The lowest BCUT2D eigenvalue weighted by atomic mass is 10.1. The smallest absolute Gasteiger partial charge is 0.182 e. The average molecular weight is 364 g/mol. The van der Waals surface area contributed by atoms with Crippen LogP contribution in [0.2, 0.25) is 0 Å². The third kappa shape index (κ3) is 3.14. The first kappa shape index (κ1) is 16.6. The molecule has 0 unspecified atom stereocenters. The predicted molar refractivity (Wildman–Crippen MR) is 96.8 cm³/mol. The molecule has 0 amide bonds. The van der Waals surface area contributed by atoms with Crippen LogP contribution < -0.4 is 0 Å². The van der Waals surface area contributed by atoms with Gasteiger partial charge < -0.3 is 14.2 Å². The van der Waals surface area contributed by atoms with E-state index in [0.717, 1.165) is 17.0 Å². The Morgan fingerprint density at radius 1 is 0.926 bits per heavy atom. The van der Waals surface area contributed by atoms with Crippen LogP contribution in [-0.4, -0.2) is 51.7 Å². The largest absolute Gasteiger partial charge is 0.370 e. The molecule has 5 rings (SSSR count). The zero-order valence-electron chi connectivity index (χ0n) is 14.7. The molecule has 2 aliphatic heterocycles. The summed E-state index contributed by atoms with van der Waals surface area (Å²) in [4.78, 5) is 0. The molecule has 27 heavy (non-hydrogen) atoms. The minimum absolute atomic E-state index is 0.0643. The SMILES string of the molecule is c1ccc(CO[C@@H]2CO[C@H]3[C@@H]2OC[C@@H]3n2nnnc2-c2ccccc2)cc1. The molecule has 3 aromatic rings. The Morgan fingerprint density at radius 3 is 2.48 bits per heavy atom. The second-order valence-electron chi connectivity index (χ2n) is 6.81. The van der Waals surface area contributed by atoms with E-state index in [2.05, 4.69) is 27.7 Å². The fraction of sp³-hybridized carbons (Fsp3) is 0.350. The Kier molecular flexibility index (Phi) is 4.41. The molecule has 3 heterocycles. The maximum Gasteiger partial charge on any atom is 0.182 e. The van der Waals surface area contributed by atoms with Crippen molar-refractivity contribution in [1.82, 2.24) is 20.2 Å². The first-order valence-corrected chi connectivity index (χ1v) is 9.12. The van der Waals surface area contributed by atoms with Crippen molar-refractivity contribution in [3.63, 3.8) is 0 Å². The summed E-state index contributed by atoms with van der Waals surface area (Å²) in [7, 11) is 0. The fourth-order valence-corrected chi connectivity index (χ4v) is 3.77. The third-order valence-corrected chi connectivity index (χ3v) is 5.13. The summed E-state index contributed by atoms with van der Waals surface area (Å²) in [5.41, 5.74) is 2.11. The number of hydrogen-bond acceptors (Lipinski definition) is 6. The number of rotatable bonds is 5. The number of tetrazole rings is 1. The molecule has 0 aliphatic carbocycles. The van der Waals surface area contributed by atoms with Gasteiger partial charge in [-0.2, -0.15) is 0 Å². The molecule has 1 aromatic heterocycles. The normalized spacial score (nSPS) is 27.0. The van der Waals surface area contributed by atoms with Crippen molar-refractivity contribution >= 4 is 0 Å². The van der Waals surface area contributed by atoms with Gasteiger partial charge in [-0.3, -0.25) is 0 Å². The van der Waals surface area contributed by atoms with Crippen LogP contribution in [0.4, 0.5) is 0 Å². The molecule has 0 bridgehead atoms. The molecular weight excluding hydrogens is 344 g/mol. The molecule has 7 nitrogen and oxygen atoms in total. The first-order valence-electron chi connectivity index (χ1n) is 9.12. The van der Waals surface area contributed by atoms with Crippen LogP contribution in [0.25, 0.3) is 11.4 Å². The fourth-order valence-electron chi connectivity index (χ4n) is 3.77. The molecule has 0 saturated carbocycles. The van der Waals surface area contributed by atoms with Crippen LogP contribution >= 0.6 is 0 Å². The third-order valence-electron chi connectivity index (χ3n) is 5.13. The Labute approximate surface area is 156 Å². The molecule has 0 N–H and O–H groups in total. The van der Waals surface area contributed by atoms with Crippen LogP contribution in [0.5, 0.6) is 0 Å². The van der Waals surface area contributed by atoms with Crippen LogP contribution in [-0.2, 0) is 20.8 Å². The van der Waals surface area contributed by atoms with Gasteiger partial charge in [0.05, 0.1) is 19.8 Å². The quantitative estimate of drug-likeness (QED) is 0.692. The second kappa shape index (κ2) is 7.19. The van der Waals surface area contributed by atoms with Gasteiger partial charge in [0.15, 0.2) is 5.82 Å². The number of benzene rings is 2. The molecule has 2 fully saturated rings. The van der Waals surface area contributed by atoms with Gasteiger partial charge >= 0.3 is 0 Å². The van der Waals surface area contributed by atoms with Crippen molar-refractivity contribution < 1.29 is 14.2 Å². The first-order chi connectivity index (χ1) is 13.4. The van der Waals surface area contributed by atoms with Crippen molar-refractivity contribution in [2.75, 3.05) is 13.2 Å². The van der Waals surface area contributed by atoms with E-state index in [1.165, 1.54) is 0 Å². The summed E-state index contributed by atoms with van der Waals surface area (Å²) in [6, 6.07) is 20.0. The van der Waals surface area contributed by atoms with E-state index in [1.807, 2.05) is 53.2 Å². The highest BCUT2D eigenvalue weighted by molar-refractivity contribution is 5.54. The van der Waals surface area contributed by atoms with Gasteiger partial charge in [0.25, 0.3) is 0 Å². The standard InChI is InChI=1S/C20H20N4O3/c1-3-7-14(8-4-1)11-25-17-13-27-18-16(12-26-19(17)18)24-20(21-22-23-24)15-9-5-2-6-10-15/h1-10,16-19H,11-13H2/t16-,17+,18+,19+/m0/s1. The molecule has 0 radical (unpaired) electrons. The van der Waals surface area contributed by atoms with Gasteiger partial charge in [-0.05, 0) is 16.0 Å². The van der Waals surface area contributed by atoms with Gasteiger partial charge in [0.1, 0.15) is 24.4 Å². The zero-order valence-corrected chi connectivity index (χ0v) is 14.7. The summed E-state index contributed by atoms with van der Waals surface area (Å²) in [5, 5.41) is 12.3. The number of ether oxygens (including phenoxy) is 3. The number of fused-ring (bicyclic) bond motifs is 1. The highest BCUT2D eigenvalue weighted by Crippen LogP contribution is 2.36. The summed E-state index contributed by atoms with van der Waals surface area (Å²) < 4.78 is 20.0. The average Bonchev–Trinajstić information content (AvgIpc) is 3.44. The van der Waals surface area contributed by atoms with Crippen molar-refractivity contribution in [2.24, 2.45) is 0 Å². The maximum atomic E-state index is 6.07. The maximum absolute atomic E-state index is 6.07. The second-order valence-corrected chi connectivity index (χ2v) is 6.81. The molecule has 2 aliphatic rings. The van der Waals surface area contributed by atoms with Crippen molar-refractivity contribution in [1.29, 1.82) is 0 Å². The molecule has 2 aromatic carbocycles. The molecule has 0 spiro atoms. The predicted octanol–water partition coefficient (Wildman–Crippen LogP) is 2.26. The van der Waals surface area contributed by atoms with E-state index < -0.39 is 0 Å². The van der Waals surface area contributed by atoms with Gasteiger partial charge in [-0.15, -0.1) is 5.10 Å². The minimum atomic E-state index is -0.114. The van der Waals surface area contributed by atoms with Gasteiger partial charge in [0.2, 0.25) is 0 Å². The van der Waals surface area contributed by atoms with Gasteiger partial charge in [0, 0.05) is 5.56 Å². The summed E-state index contributed by atoms with van der Waals surface area (Å²) in [5.74, 6) is 0.724. The summed E-state index contributed by atoms with van der Waals surface area (Å²) in [6.45, 7) is 1.57. The van der Waals surface area contributed by atoms with Gasteiger partial charge in [-0.25, -0.2) is 4.68 Å². The van der Waals surface area contributed by atoms with Gasteiger partial charge in [-0.1, -0.05) is 60.7 Å². The molecule has 4 atom stereocenters. The molecule has 7 heteroatoms. The lowest BCUT2D eigenvalue weighted by Crippen LogP contribution is -2.32. The monoisotopic (exact) mass is 364 g/mol. The number of aromatic nitrogens is 4. The zero-order chi connectivity index (χ0) is 18.1. The number of hydrogen-bond donors (Lipinski definition) is 0. The van der Waals surface area contributed by atoms with E-state index in [-0.39, 0.29) is 24.4 Å². The van der Waals surface area contributed by atoms with Crippen LogP contribution in [0, 0.1) is 0 Å². The molecular formula is C20H20N4O3. The topological polar surface area (TPSA) is 71.3 Å². The van der Waals surface area contributed by atoms with E-state index in [4.69, 9.17) is 14.2 Å².